The molecule has 0 atom stereocenters. The lowest BCUT2D eigenvalue weighted by Gasteiger charge is -2.09. The third-order valence-corrected chi connectivity index (χ3v) is 2.30. The Kier molecular flexibility index (Phi) is 2.77. The molecule has 1 N–H and O–H groups in total. The molecule has 0 radical (unpaired) electrons. The zero-order valence-corrected chi connectivity index (χ0v) is 8.77. The lowest BCUT2D eigenvalue weighted by molar-refractivity contribution is 0.447. The maximum Gasteiger partial charge on any atom is 0.134 e. The molecule has 0 unspecified atom stereocenters. The predicted octanol–water partition coefficient (Wildman–Crippen LogP) is 3.63. The SMILES string of the molecule is Cc1c(O)cccc1Oc1ccc(F)cc1. The Labute approximate surface area is 92.9 Å². The Hall–Kier alpha value is -2.03. The first kappa shape index (κ1) is 10.5. The first-order valence-corrected chi connectivity index (χ1v) is 4.89. The van der Waals surface area contributed by atoms with Crippen LogP contribution in [0.3, 0.4) is 0 Å². The topological polar surface area (TPSA) is 29.5 Å². The van der Waals surface area contributed by atoms with E-state index in [0.29, 0.717) is 17.1 Å². The summed E-state index contributed by atoms with van der Waals surface area (Å²) in [6, 6.07) is 10.8. The first-order valence-electron chi connectivity index (χ1n) is 4.89. The van der Waals surface area contributed by atoms with Gasteiger partial charge in [0.15, 0.2) is 0 Å². The molecule has 2 aromatic carbocycles. The Morgan fingerprint density at radius 3 is 2.44 bits per heavy atom. The highest BCUT2D eigenvalue weighted by atomic mass is 19.1. The molecular formula is C13H11FO2. The van der Waals surface area contributed by atoms with Crippen LogP contribution in [0.25, 0.3) is 0 Å². The molecule has 2 aromatic rings. The number of phenolic OH excluding ortho intramolecular Hbond substituents is 1. The van der Waals surface area contributed by atoms with E-state index in [9.17, 15) is 9.50 Å². The Morgan fingerprint density at radius 1 is 1.06 bits per heavy atom. The zero-order chi connectivity index (χ0) is 11.5. The van der Waals surface area contributed by atoms with E-state index >= 15 is 0 Å². The molecule has 2 rings (SSSR count). The lowest BCUT2D eigenvalue weighted by atomic mass is 10.2. The van der Waals surface area contributed by atoms with Gasteiger partial charge in [0.1, 0.15) is 23.1 Å². The molecule has 0 aliphatic carbocycles. The normalized spacial score (nSPS) is 10.1. The average Bonchev–Trinajstić information content (AvgIpc) is 2.28. The molecule has 0 amide bonds. The number of hydrogen-bond donors (Lipinski definition) is 1. The summed E-state index contributed by atoms with van der Waals surface area (Å²) in [7, 11) is 0. The van der Waals surface area contributed by atoms with Gasteiger partial charge in [0.25, 0.3) is 0 Å². The third-order valence-electron chi connectivity index (χ3n) is 2.30. The largest absolute Gasteiger partial charge is 0.508 e. The molecule has 0 aliphatic heterocycles. The summed E-state index contributed by atoms with van der Waals surface area (Å²) in [4.78, 5) is 0. The van der Waals surface area contributed by atoms with Crippen LogP contribution in [0.4, 0.5) is 4.39 Å². The second-order valence-corrected chi connectivity index (χ2v) is 3.46. The van der Waals surface area contributed by atoms with Crippen molar-refractivity contribution in [2.75, 3.05) is 0 Å². The average molecular weight is 218 g/mol. The molecule has 3 heteroatoms. The van der Waals surface area contributed by atoms with Crippen molar-refractivity contribution < 1.29 is 14.2 Å². The van der Waals surface area contributed by atoms with Gasteiger partial charge in [0, 0.05) is 5.56 Å². The van der Waals surface area contributed by atoms with E-state index in [1.165, 1.54) is 12.1 Å². The predicted molar refractivity (Wildman–Crippen MR) is 59.3 cm³/mol. The van der Waals surface area contributed by atoms with Gasteiger partial charge in [-0.3, -0.25) is 0 Å². The monoisotopic (exact) mass is 218 g/mol. The van der Waals surface area contributed by atoms with E-state index in [4.69, 9.17) is 4.74 Å². The smallest absolute Gasteiger partial charge is 0.134 e. The molecule has 0 spiro atoms. The van der Waals surface area contributed by atoms with Gasteiger partial charge in [-0.15, -0.1) is 0 Å². The van der Waals surface area contributed by atoms with E-state index in [-0.39, 0.29) is 11.6 Å². The Morgan fingerprint density at radius 2 is 1.75 bits per heavy atom. The quantitative estimate of drug-likeness (QED) is 0.833. The highest BCUT2D eigenvalue weighted by molar-refractivity contribution is 5.44. The zero-order valence-electron chi connectivity index (χ0n) is 8.77. The van der Waals surface area contributed by atoms with Crippen LogP contribution in [0.1, 0.15) is 5.56 Å². The van der Waals surface area contributed by atoms with Crippen molar-refractivity contribution in [3.8, 4) is 17.2 Å². The summed E-state index contributed by atoms with van der Waals surface area (Å²) < 4.78 is 18.2. The Balaban J connectivity index is 2.27. The maximum absolute atomic E-state index is 12.7. The lowest BCUT2D eigenvalue weighted by Crippen LogP contribution is -1.87. The van der Waals surface area contributed by atoms with Crippen molar-refractivity contribution in [3.05, 3.63) is 53.8 Å². The molecule has 0 bridgehead atoms. The van der Waals surface area contributed by atoms with Gasteiger partial charge in [-0.2, -0.15) is 0 Å². The van der Waals surface area contributed by atoms with Crippen LogP contribution >= 0.6 is 0 Å². The van der Waals surface area contributed by atoms with Crippen molar-refractivity contribution in [1.82, 2.24) is 0 Å². The van der Waals surface area contributed by atoms with Crippen LogP contribution in [0.2, 0.25) is 0 Å². The van der Waals surface area contributed by atoms with E-state index < -0.39 is 0 Å². The molecule has 0 aromatic heterocycles. The molecule has 82 valence electrons. The van der Waals surface area contributed by atoms with Gasteiger partial charge in [-0.25, -0.2) is 4.39 Å². The third kappa shape index (κ3) is 2.14. The van der Waals surface area contributed by atoms with Crippen LogP contribution < -0.4 is 4.74 Å². The van der Waals surface area contributed by atoms with E-state index in [1.54, 1.807) is 37.3 Å². The molecule has 0 aliphatic rings. The van der Waals surface area contributed by atoms with Crippen molar-refractivity contribution in [2.45, 2.75) is 6.92 Å². The molecule has 0 heterocycles. The molecule has 2 nitrogen and oxygen atoms in total. The van der Waals surface area contributed by atoms with Crippen LogP contribution in [-0.2, 0) is 0 Å². The van der Waals surface area contributed by atoms with Crippen LogP contribution in [0.5, 0.6) is 17.2 Å². The standard InChI is InChI=1S/C13H11FO2/c1-9-12(15)3-2-4-13(9)16-11-7-5-10(14)6-8-11/h2-8,15H,1H3. The number of rotatable bonds is 2. The van der Waals surface area contributed by atoms with Gasteiger partial charge in [-0.05, 0) is 43.3 Å². The summed E-state index contributed by atoms with van der Waals surface area (Å²) in [5.41, 5.74) is 0.659. The fraction of sp³-hybridized carbons (Fsp3) is 0.0769. The van der Waals surface area contributed by atoms with Crippen molar-refractivity contribution >= 4 is 0 Å². The number of phenols is 1. The van der Waals surface area contributed by atoms with E-state index in [2.05, 4.69) is 0 Å². The highest BCUT2D eigenvalue weighted by Gasteiger charge is 2.04. The summed E-state index contributed by atoms with van der Waals surface area (Å²) in [6.07, 6.45) is 0. The minimum Gasteiger partial charge on any atom is -0.508 e. The number of aromatic hydroxyl groups is 1. The molecule has 16 heavy (non-hydrogen) atoms. The van der Waals surface area contributed by atoms with Gasteiger partial charge < -0.3 is 9.84 Å². The highest BCUT2D eigenvalue weighted by Crippen LogP contribution is 2.30. The minimum absolute atomic E-state index is 0.180. The second kappa shape index (κ2) is 4.23. The second-order valence-electron chi connectivity index (χ2n) is 3.46. The van der Waals surface area contributed by atoms with Gasteiger partial charge in [0.05, 0.1) is 0 Å². The van der Waals surface area contributed by atoms with Crippen LogP contribution in [0.15, 0.2) is 42.5 Å². The van der Waals surface area contributed by atoms with Gasteiger partial charge in [0.2, 0.25) is 0 Å². The minimum atomic E-state index is -0.306. The number of halogens is 1. The Bertz CT molecular complexity index is 492. The summed E-state index contributed by atoms with van der Waals surface area (Å²) in [5.74, 6) is 0.973. The molecule has 0 fully saturated rings. The number of benzene rings is 2. The molecular weight excluding hydrogens is 207 g/mol. The van der Waals surface area contributed by atoms with Crippen molar-refractivity contribution in [3.63, 3.8) is 0 Å². The summed E-state index contributed by atoms with van der Waals surface area (Å²) >= 11 is 0. The van der Waals surface area contributed by atoms with E-state index in [0.717, 1.165) is 0 Å². The van der Waals surface area contributed by atoms with Crippen molar-refractivity contribution in [2.24, 2.45) is 0 Å². The summed E-state index contributed by atoms with van der Waals surface area (Å²) in [5, 5.41) is 9.48. The van der Waals surface area contributed by atoms with E-state index in [1.807, 2.05) is 0 Å². The number of hydrogen-bond acceptors (Lipinski definition) is 2. The summed E-state index contributed by atoms with van der Waals surface area (Å²) in [6.45, 7) is 1.76. The molecule has 0 saturated heterocycles. The van der Waals surface area contributed by atoms with Gasteiger partial charge >= 0.3 is 0 Å². The van der Waals surface area contributed by atoms with Gasteiger partial charge in [-0.1, -0.05) is 6.07 Å². The maximum atomic E-state index is 12.7. The van der Waals surface area contributed by atoms with Crippen LogP contribution in [-0.4, -0.2) is 5.11 Å². The fourth-order valence-corrected chi connectivity index (χ4v) is 1.34. The fourth-order valence-electron chi connectivity index (χ4n) is 1.34. The first-order chi connectivity index (χ1) is 7.66. The van der Waals surface area contributed by atoms with Crippen LogP contribution in [0, 0.1) is 12.7 Å². The molecule has 0 saturated carbocycles. The van der Waals surface area contributed by atoms with Crippen molar-refractivity contribution in [1.29, 1.82) is 0 Å². The number of ether oxygens (including phenoxy) is 1.